The van der Waals surface area contributed by atoms with Gasteiger partial charge in [-0.05, 0) is 50.9 Å². The summed E-state index contributed by atoms with van der Waals surface area (Å²) < 4.78 is 19.0. The average molecular weight is 269 g/mol. The number of ether oxygens (including phenoxy) is 1. The SMILES string of the molecule is CCNC(C)c1cc(F)ccc1OCCCCCO. The van der Waals surface area contributed by atoms with E-state index in [4.69, 9.17) is 9.84 Å². The number of unbranched alkanes of at least 4 members (excludes halogenated alkanes) is 2. The topological polar surface area (TPSA) is 41.5 Å². The highest BCUT2D eigenvalue weighted by Gasteiger charge is 2.12. The molecule has 0 fully saturated rings. The summed E-state index contributed by atoms with van der Waals surface area (Å²) >= 11 is 0. The van der Waals surface area contributed by atoms with E-state index >= 15 is 0 Å². The number of aliphatic hydroxyl groups is 1. The number of hydrogen-bond donors (Lipinski definition) is 2. The van der Waals surface area contributed by atoms with Gasteiger partial charge in [0.25, 0.3) is 0 Å². The molecule has 0 spiro atoms. The molecule has 1 aromatic rings. The van der Waals surface area contributed by atoms with Crippen LogP contribution in [0, 0.1) is 5.82 Å². The van der Waals surface area contributed by atoms with E-state index in [1.54, 1.807) is 6.07 Å². The minimum absolute atomic E-state index is 0.0631. The quantitative estimate of drug-likeness (QED) is 0.677. The Morgan fingerprint density at radius 1 is 1.32 bits per heavy atom. The lowest BCUT2D eigenvalue weighted by molar-refractivity contribution is 0.264. The molecule has 0 aliphatic heterocycles. The summed E-state index contributed by atoms with van der Waals surface area (Å²) in [5, 5.41) is 12.0. The molecule has 0 saturated carbocycles. The standard InChI is InChI=1S/C15H24FNO2/c1-3-17-12(2)14-11-13(16)7-8-15(14)19-10-6-4-5-9-18/h7-8,11-12,17-18H,3-6,9-10H2,1-2H3. The third-order valence-corrected chi connectivity index (χ3v) is 3.01. The third kappa shape index (κ3) is 5.57. The molecule has 0 saturated heterocycles. The number of rotatable bonds is 9. The molecular formula is C15H24FNO2. The molecule has 3 nitrogen and oxygen atoms in total. The molecular weight excluding hydrogens is 245 g/mol. The molecule has 0 bridgehead atoms. The van der Waals surface area contributed by atoms with Gasteiger partial charge in [0.15, 0.2) is 0 Å². The van der Waals surface area contributed by atoms with Gasteiger partial charge >= 0.3 is 0 Å². The van der Waals surface area contributed by atoms with Gasteiger partial charge in [0.1, 0.15) is 11.6 Å². The molecule has 1 rings (SSSR count). The van der Waals surface area contributed by atoms with E-state index in [0.717, 1.165) is 37.1 Å². The van der Waals surface area contributed by atoms with E-state index < -0.39 is 0 Å². The van der Waals surface area contributed by atoms with Crippen molar-refractivity contribution in [2.24, 2.45) is 0 Å². The van der Waals surface area contributed by atoms with Crippen LogP contribution < -0.4 is 10.1 Å². The molecule has 0 heterocycles. The molecule has 2 N–H and O–H groups in total. The number of hydrogen-bond acceptors (Lipinski definition) is 3. The lowest BCUT2D eigenvalue weighted by Crippen LogP contribution is -2.19. The van der Waals surface area contributed by atoms with Gasteiger partial charge in [-0.15, -0.1) is 0 Å². The highest BCUT2D eigenvalue weighted by molar-refractivity contribution is 5.36. The van der Waals surface area contributed by atoms with Crippen LogP contribution in [0.15, 0.2) is 18.2 Å². The smallest absolute Gasteiger partial charge is 0.124 e. The summed E-state index contributed by atoms with van der Waals surface area (Å²) in [6.07, 6.45) is 2.64. The van der Waals surface area contributed by atoms with Crippen molar-refractivity contribution >= 4 is 0 Å². The fourth-order valence-corrected chi connectivity index (χ4v) is 1.98. The number of halogens is 1. The molecule has 1 aromatic carbocycles. The van der Waals surface area contributed by atoms with Crippen LogP contribution >= 0.6 is 0 Å². The van der Waals surface area contributed by atoms with Crippen molar-refractivity contribution in [1.82, 2.24) is 5.32 Å². The van der Waals surface area contributed by atoms with Crippen LogP contribution in [-0.2, 0) is 0 Å². The summed E-state index contributed by atoms with van der Waals surface area (Å²) in [6.45, 7) is 5.66. The predicted octanol–water partition coefficient (Wildman–Crippen LogP) is 3.04. The van der Waals surface area contributed by atoms with Gasteiger partial charge in [0, 0.05) is 18.2 Å². The monoisotopic (exact) mass is 269 g/mol. The summed E-state index contributed by atoms with van der Waals surface area (Å²) in [4.78, 5) is 0. The minimum atomic E-state index is -0.243. The van der Waals surface area contributed by atoms with E-state index in [9.17, 15) is 4.39 Å². The first-order valence-corrected chi connectivity index (χ1v) is 6.95. The molecule has 19 heavy (non-hydrogen) atoms. The first-order chi connectivity index (χ1) is 9.19. The number of aliphatic hydroxyl groups excluding tert-OH is 1. The second kappa shape index (κ2) is 8.88. The van der Waals surface area contributed by atoms with Crippen LogP contribution in [-0.4, -0.2) is 24.9 Å². The normalized spacial score (nSPS) is 12.4. The maximum atomic E-state index is 13.3. The number of benzene rings is 1. The first kappa shape index (κ1) is 15.9. The summed E-state index contributed by atoms with van der Waals surface area (Å²) in [5.74, 6) is 0.492. The average Bonchev–Trinajstić information content (AvgIpc) is 2.40. The van der Waals surface area contributed by atoms with Crippen molar-refractivity contribution in [3.63, 3.8) is 0 Å². The summed E-state index contributed by atoms with van der Waals surface area (Å²) in [7, 11) is 0. The van der Waals surface area contributed by atoms with Crippen molar-refractivity contribution < 1.29 is 14.2 Å². The lowest BCUT2D eigenvalue weighted by Gasteiger charge is -2.17. The van der Waals surface area contributed by atoms with Crippen LogP contribution in [0.3, 0.4) is 0 Å². The molecule has 0 aromatic heterocycles. The van der Waals surface area contributed by atoms with Gasteiger partial charge in [-0.3, -0.25) is 0 Å². The van der Waals surface area contributed by atoms with Crippen molar-refractivity contribution in [3.05, 3.63) is 29.6 Å². The van der Waals surface area contributed by atoms with E-state index in [1.807, 2.05) is 13.8 Å². The van der Waals surface area contributed by atoms with Crippen molar-refractivity contribution in [2.45, 2.75) is 39.2 Å². The van der Waals surface area contributed by atoms with Gasteiger partial charge in [0.2, 0.25) is 0 Å². The van der Waals surface area contributed by atoms with Crippen molar-refractivity contribution in [1.29, 1.82) is 0 Å². The van der Waals surface area contributed by atoms with Crippen molar-refractivity contribution in [2.75, 3.05) is 19.8 Å². The predicted molar refractivity (Wildman–Crippen MR) is 74.9 cm³/mol. The molecule has 108 valence electrons. The van der Waals surface area contributed by atoms with Gasteiger partial charge in [-0.25, -0.2) is 4.39 Å². The Bertz CT molecular complexity index is 371. The Morgan fingerprint density at radius 3 is 2.79 bits per heavy atom. The second-order valence-electron chi connectivity index (χ2n) is 4.59. The zero-order chi connectivity index (χ0) is 14.1. The Kier molecular flexibility index (Phi) is 7.45. The van der Waals surface area contributed by atoms with Gasteiger partial charge in [-0.1, -0.05) is 6.92 Å². The molecule has 1 atom stereocenters. The van der Waals surface area contributed by atoms with Crippen LogP contribution in [0.4, 0.5) is 4.39 Å². The summed E-state index contributed by atoms with van der Waals surface area (Å²) in [5.41, 5.74) is 0.851. The van der Waals surface area contributed by atoms with Gasteiger partial charge in [0.05, 0.1) is 6.61 Å². The Labute approximate surface area is 114 Å². The molecule has 1 unspecified atom stereocenters. The van der Waals surface area contributed by atoms with Crippen molar-refractivity contribution in [3.8, 4) is 5.75 Å². The summed E-state index contributed by atoms with van der Waals surface area (Å²) in [6, 6.07) is 4.69. The van der Waals surface area contributed by atoms with E-state index in [-0.39, 0.29) is 18.5 Å². The first-order valence-electron chi connectivity index (χ1n) is 6.95. The zero-order valence-electron chi connectivity index (χ0n) is 11.8. The number of nitrogens with one attached hydrogen (secondary N) is 1. The molecule has 0 amide bonds. The fraction of sp³-hybridized carbons (Fsp3) is 0.600. The Hall–Kier alpha value is -1.13. The molecule has 0 aliphatic carbocycles. The van der Waals surface area contributed by atoms with Gasteiger partial charge < -0.3 is 15.2 Å². The van der Waals surface area contributed by atoms with Crippen LogP contribution in [0.2, 0.25) is 0 Å². The maximum absolute atomic E-state index is 13.3. The Morgan fingerprint density at radius 2 is 2.11 bits per heavy atom. The molecule has 0 radical (unpaired) electrons. The van der Waals surface area contributed by atoms with Crippen LogP contribution in [0.1, 0.15) is 44.7 Å². The largest absolute Gasteiger partial charge is 0.493 e. The van der Waals surface area contributed by atoms with E-state index in [1.165, 1.54) is 12.1 Å². The van der Waals surface area contributed by atoms with E-state index in [2.05, 4.69) is 5.32 Å². The maximum Gasteiger partial charge on any atom is 0.124 e. The second-order valence-corrected chi connectivity index (χ2v) is 4.59. The Balaban J connectivity index is 2.60. The zero-order valence-corrected chi connectivity index (χ0v) is 11.8. The van der Waals surface area contributed by atoms with Crippen LogP contribution in [0.5, 0.6) is 5.75 Å². The molecule has 0 aliphatic rings. The minimum Gasteiger partial charge on any atom is -0.493 e. The third-order valence-electron chi connectivity index (χ3n) is 3.01. The van der Waals surface area contributed by atoms with Crippen LogP contribution in [0.25, 0.3) is 0 Å². The lowest BCUT2D eigenvalue weighted by atomic mass is 10.1. The van der Waals surface area contributed by atoms with Gasteiger partial charge in [-0.2, -0.15) is 0 Å². The highest BCUT2D eigenvalue weighted by Crippen LogP contribution is 2.26. The fourth-order valence-electron chi connectivity index (χ4n) is 1.98. The molecule has 4 heteroatoms. The van der Waals surface area contributed by atoms with E-state index in [0.29, 0.717) is 6.61 Å². The highest BCUT2D eigenvalue weighted by atomic mass is 19.1.